The van der Waals surface area contributed by atoms with Crippen LogP contribution in [0.3, 0.4) is 0 Å². The number of benzene rings is 1. The van der Waals surface area contributed by atoms with Gasteiger partial charge in [0.25, 0.3) is 0 Å². The van der Waals surface area contributed by atoms with E-state index in [0.717, 1.165) is 10.8 Å². The number of hydrogen-bond donors (Lipinski definition) is 1. The van der Waals surface area contributed by atoms with Gasteiger partial charge in [0.05, 0.1) is 11.4 Å². The first-order valence-corrected chi connectivity index (χ1v) is 8.32. The fourth-order valence-electron chi connectivity index (χ4n) is 2.17. The highest BCUT2D eigenvalue weighted by Crippen LogP contribution is 2.22. The lowest BCUT2D eigenvalue weighted by atomic mass is 9.94. The van der Waals surface area contributed by atoms with Crippen molar-refractivity contribution in [2.45, 2.75) is 31.1 Å². The van der Waals surface area contributed by atoms with Crippen LogP contribution in [-0.2, 0) is 10.5 Å². The Hall–Kier alpha value is -0.710. The van der Waals surface area contributed by atoms with E-state index in [0.29, 0.717) is 31.7 Å². The molecular weight excluding hydrogens is 294 g/mol. The molecule has 0 radical (unpaired) electrons. The van der Waals surface area contributed by atoms with E-state index in [1.807, 2.05) is 36.1 Å². The number of hydrogen-bond acceptors (Lipinski definition) is 3. The summed E-state index contributed by atoms with van der Waals surface area (Å²) in [5, 5.41) is 10.6. The van der Waals surface area contributed by atoms with Crippen LogP contribution in [0.25, 0.3) is 0 Å². The third-order valence-electron chi connectivity index (χ3n) is 3.60. The van der Waals surface area contributed by atoms with Crippen molar-refractivity contribution in [3.05, 3.63) is 34.9 Å². The molecule has 3 nitrogen and oxygen atoms in total. The van der Waals surface area contributed by atoms with Gasteiger partial charge < -0.3 is 10.0 Å². The Kier molecular flexibility index (Phi) is 5.35. The number of aliphatic hydroxyl groups is 1. The van der Waals surface area contributed by atoms with Gasteiger partial charge in [-0.15, -0.1) is 11.8 Å². The van der Waals surface area contributed by atoms with Gasteiger partial charge in [-0.2, -0.15) is 0 Å². The average molecular weight is 314 g/mol. The highest BCUT2D eigenvalue weighted by molar-refractivity contribution is 7.99. The normalized spacial score (nSPS) is 18.1. The van der Waals surface area contributed by atoms with Crippen LogP contribution in [0.1, 0.15) is 25.3 Å². The Balaban J connectivity index is 1.71. The van der Waals surface area contributed by atoms with Crippen molar-refractivity contribution in [3.63, 3.8) is 0 Å². The number of likely N-dealkylation sites (tertiary alicyclic amines) is 1. The van der Waals surface area contributed by atoms with Crippen molar-refractivity contribution >= 4 is 29.3 Å². The molecule has 1 fully saturated rings. The molecule has 0 unspecified atom stereocenters. The molecule has 0 spiro atoms. The Morgan fingerprint density at radius 2 is 1.95 bits per heavy atom. The van der Waals surface area contributed by atoms with E-state index in [2.05, 4.69) is 0 Å². The van der Waals surface area contributed by atoms with Crippen molar-refractivity contribution in [2.75, 3.05) is 18.8 Å². The maximum Gasteiger partial charge on any atom is 0.232 e. The molecule has 0 saturated carbocycles. The fraction of sp³-hybridized carbons (Fsp3) is 0.533. The summed E-state index contributed by atoms with van der Waals surface area (Å²) >= 11 is 7.45. The minimum Gasteiger partial charge on any atom is -0.390 e. The minimum atomic E-state index is -0.604. The quantitative estimate of drug-likeness (QED) is 0.929. The maximum absolute atomic E-state index is 12.1. The third-order valence-corrected chi connectivity index (χ3v) is 4.84. The fourth-order valence-corrected chi connectivity index (χ4v) is 3.18. The van der Waals surface area contributed by atoms with E-state index in [1.165, 1.54) is 5.56 Å². The van der Waals surface area contributed by atoms with Crippen molar-refractivity contribution in [3.8, 4) is 0 Å². The number of piperidine rings is 1. The summed E-state index contributed by atoms with van der Waals surface area (Å²) in [6.07, 6.45) is 1.33. The topological polar surface area (TPSA) is 40.5 Å². The molecule has 110 valence electrons. The summed E-state index contributed by atoms with van der Waals surface area (Å²) in [4.78, 5) is 13.9. The zero-order chi connectivity index (χ0) is 14.6. The maximum atomic E-state index is 12.1. The van der Waals surface area contributed by atoms with Crippen LogP contribution in [0.15, 0.2) is 24.3 Å². The predicted octanol–water partition coefficient (Wildman–Crippen LogP) is 2.95. The first kappa shape index (κ1) is 15.7. The second-order valence-corrected chi connectivity index (χ2v) is 6.92. The number of carbonyl (C=O) groups is 1. The Labute approximate surface area is 129 Å². The molecule has 1 saturated heterocycles. The first-order chi connectivity index (χ1) is 9.46. The largest absolute Gasteiger partial charge is 0.390 e. The predicted molar refractivity (Wildman–Crippen MR) is 84.1 cm³/mol. The van der Waals surface area contributed by atoms with E-state index in [-0.39, 0.29) is 5.91 Å². The molecule has 0 aromatic heterocycles. The molecule has 2 rings (SSSR count). The van der Waals surface area contributed by atoms with Crippen LogP contribution in [0, 0.1) is 0 Å². The molecule has 1 aliphatic heterocycles. The zero-order valence-corrected chi connectivity index (χ0v) is 13.2. The number of carbonyl (C=O) groups excluding carboxylic acids is 1. The van der Waals surface area contributed by atoms with Gasteiger partial charge in [0.2, 0.25) is 5.91 Å². The van der Waals surface area contributed by atoms with Crippen molar-refractivity contribution in [1.82, 2.24) is 4.90 Å². The molecule has 0 aliphatic carbocycles. The van der Waals surface area contributed by atoms with Crippen molar-refractivity contribution < 1.29 is 9.90 Å². The summed E-state index contributed by atoms with van der Waals surface area (Å²) in [6.45, 7) is 3.16. The van der Waals surface area contributed by atoms with Gasteiger partial charge >= 0.3 is 0 Å². The van der Waals surface area contributed by atoms with E-state index in [9.17, 15) is 9.90 Å². The average Bonchev–Trinajstić information content (AvgIpc) is 2.41. The molecule has 1 aliphatic rings. The first-order valence-electron chi connectivity index (χ1n) is 6.79. The van der Waals surface area contributed by atoms with Crippen LogP contribution >= 0.6 is 23.4 Å². The van der Waals surface area contributed by atoms with Crippen LogP contribution in [0.4, 0.5) is 0 Å². The van der Waals surface area contributed by atoms with Gasteiger partial charge in [0.15, 0.2) is 0 Å². The molecular formula is C15H20ClNO2S. The van der Waals surface area contributed by atoms with Crippen LogP contribution in [0.5, 0.6) is 0 Å². The van der Waals surface area contributed by atoms with E-state index in [4.69, 9.17) is 11.6 Å². The number of thioether (sulfide) groups is 1. The Bertz CT molecular complexity index is 451. The monoisotopic (exact) mass is 313 g/mol. The smallest absolute Gasteiger partial charge is 0.232 e. The van der Waals surface area contributed by atoms with Gasteiger partial charge in [-0.25, -0.2) is 0 Å². The number of halogens is 1. The van der Waals surface area contributed by atoms with Crippen LogP contribution in [0.2, 0.25) is 5.02 Å². The van der Waals surface area contributed by atoms with Crippen molar-refractivity contribution in [2.24, 2.45) is 0 Å². The highest BCUT2D eigenvalue weighted by atomic mass is 35.5. The second-order valence-electron chi connectivity index (χ2n) is 5.50. The van der Waals surface area contributed by atoms with Gasteiger partial charge in [-0.3, -0.25) is 4.79 Å². The summed E-state index contributed by atoms with van der Waals surface area (Å²) < 4.78 is 0. The van der Waals surface area contributed by atoms with Crippen molar-refractivity contribution in [1.29, 1.82) is 0 Å². The summed E-state index contributed by atoms with van der Waals surface area (Å²) in [5.74, 6) is 1.47. The molecule has 1 heterocycles. The van der Waals surface area contributed by atoms with Crippen LogP contribution in [-0.4, -0.2) is 40.4 Å². The van der Waals surface area contributed by atoms with E-state index in [1.54, 1.807) is 11.8 Å². The SMILES string of the molecule is CC1(O)CCN(C(=O)CSCc2ccc(Cl)cc2)CC1. The molecule has 1 amide bonds. The standard InChI is InChI=1S/C15H20ClNO2S/c1-15(19)6-8-17(9-7-15)14(18)11-20-10-12-2-4-13(16)5-3-12/h2-5,19H,6-11H2,1H3. The zero-order valence-electron chi connectivity index (χ0n) is 11.6. The minimum absolute atomic E-state index is 0.166. The summed E-state index contributed by atoms with van der Waals surface area (Å²) in [6, 6.07) is 7.70. The molecule has 1 aromatic carbocycles. The molecule has 0 atom stereocenters. The Morgan fingerprint density at radius 3 is 2.55 bits per heavy atom. The molecule has 20 heavy (non-hydrogen) atoms. The lowest BCUT2D eigenvalue weighted by molar-refractivity contribution is -0.132. The molecule has 1 N–H and O–H groups in total. The van der Waals surface area contributed by atoms with Gasteiger partial charge in [-0.05, 0) is 37.5 Å². The molecule has 0 bridgehead atoms. The number of rotatable bonds is 4. The lowest BCUT2D eigenvalue weighted by Gasteiger charge is -2.35. The second kappa shape index (κ2) is 6.83. The summed E-state index contributed by atoms with van der Waals surface area (Å²) in [5.41, 5.74) is 0.571. The highest BCUT2D eigenvalue weighted by Gasteiger charge is 2.29. The van der Waals surface area contributed by atoms with E-state index < -0.39 is 5.60 Å². The summed E-state index contributed by atoms with van der Waals surface area (Å²) in [7, 11) is 0. The van der Waals surface area contributed by atoms with E-state index >= 15 is 0 Å². The van der Waals surface area contributed by atoms with Gasteiger partial charge in [0.1, 0.15) is 0 Å². The number of nitrogens with zero attached hydrogens (tertiary/aromatic N) is 1. The molecule has 1 aromatic rings. The number of amides is 1. The Morgan fingerprint density at radius 1 is 1.35 bits per heavy atom. The lowest BCUT2D eigenvalue weighted by Crippen LogP contribution is -2.45. The van der Waals surface area contributed by atoms with Crippen LogP contribution < -0.4 is 0 Å². The molecule has 5 heteroatoms. The van der Waals surface area contributed by atoms with Gasteiger partial charge in [-0.1, -0.05) is 23.7 Å². The van der Waals surface area contributed by atoms with Gasteiger partial charge in [0, 0.05) is 23.9 Å². The third kappa shape index (κ3) is 4.69.